The molecule has 0 bridgehead atoms. The van der Waals surface area contributed by atoms with Gasteiger partial charge in [0.2, 0.25) is 0 Å². The topological polar surface area (TPSA) is 43.1 Å². The molecule has 0 N–H and O–H groups in total. The molecule has 16 heavy (non-hydrogen) atoms. The van der Waals surface area contributed by atoms with E-state index in [-0.39, 0.29) is 0 Å². The Morgan fingerprint density at radius 3 is 3.00 bits per heavy atom. The molecule has 0 saturated carbocycles. The van der Waals surface area contributed by atoms with E-state index in [1.165, 1.54) is 0 Å². The van der Waals surface area contributed by atoms with Crippen molar-refractivity contribution in [2.45, 2.75) is 0 Å². The van der Waals surface area contributed by atoms with E-state index in [4.69, 9.17) is 0 Å². The van der Waals surface area contributed by atoms with Crippen molar-refractivity contribution < 1.29 is 0 Å². The lowest BCUT2D eigenvalue weighted by atomic mass is 10.1. The summed E-state index contributed by atoms with van der Waals surface area (Å²) in [7, 11) is 0. The summed E-state index contributed by atoms with van der Waals surface area (Å²) in [4.78, 5) is 4.13. The van der Waals surface area contributed by atoms with Crippen molar-refractivity contribution in [3.05, 3.63) is 47.3 Å². The number of rotatable bonds is 1. The van der Waals surface area contributed by atoms with Gasteiger partial charge in [0, 0.05) is 10.7 Å². The molecule has 0 aliphatic heterocycles. The predicted molar refractivity (Wildman–Crippen MR) is 63.9 cm³/mol. The van der Waals surface area contributed by atoms with Gasteiger partial charge >= 0.3 is 0 Å². The minimum Gasteiger partial charge on any atom is -0.265 e. The number of nitrogens with zero attached hydrogens (tertiary/aromatic N) is 4. The number of hydrogen-bond donors (Lipinski definition) is 0. The van der Waals surface area contributed by atoms with Crippen molar-refractivity contribution >= 4 is 21.7 Å². The van der Waals surface area contributed by atoms with E-state index in [1.807, 2.05) is 28.7 Å². The standard InChI is InChI=1S/C11H7BrN4/c12-9-3-1-2-8(6-9)10-4-5-13-11-15-14-7-16(10)11/h1-7H. The minimum absolute atomic E-state index is 0.609. The highest BCUT2D eigenvalue weighted by Gasteiger charge is 2.04. The minimum atomic E-state index is 0.609. The van der Waals surface area contributed by atoms with Crippen LogP contribution >= 0.6 is 15.9 Å². The fourth-order valence-corrected chi connectivity index (χ4v) is 2.02. The Balaban J connectivity index is 2.29. The second-order valence-corrected chi connectivity index (χ2v) is 4.26. The van der Waals surface area contributed by atoms with Gasteiger partial charge in [-0.05, 0) is 23.8 Å². The van der Waals surface area contributed by atoms with Crippen LogP contribution in [0.25, 0.3) is 17.0 Å². The van der Waals surface area contributed by atoms with Crippen LogP contribution in [0.1, 0.15) is 0 Å². The molecule has 0 aliphatic rings. The smallest absolute Gasteiger partial charge is 0.255 e. The molecule has 2 aromatic heterocycles. The summed E-state index contributed by atoms with van der Waals surface area (Å²) in [6.45, 7) is 0. The van der Waals surface area contributed by atoms with Crippen LogP contribution < -0.4 is 0 Å². The summed E-state index contributed by atoms with van der Waals surface area (Å²) in [5, 5.41) is 7.77. The first-order valence-corrected chi connectivity index (χ1v) is 5.54. The summed E-state index contributed by atoms with van der Waals surface area (Å²) >= 11 is 3.46. The second kappa shape index (κ2) is 3.68. The molecule has 5 heteroatoms. The molecule has 0 saturated heterocycles. The van der Waals surface area contributed by atoms with Crippen molar-refractivity contribution in [3.8, 4) is 11.3 Å². The van der Waals surface area contributed by atoms with E-state index in [0.717, 1.165) is 15.7 Å². The largest absolute Gasteiger partial charge is 0.265 e. The Kier molecular flexibility index (Phi) is 2.18. The predicted octanol–water partition coefficient (Wildman–Crippen LogP) is 2.55. The zero-order valence-corrected chi connectivity index (χ0v) is 9.79. The summed E-state index contributed by atoms with van der Waals surface area (Å²) in [6, 6.07) is 10.0. The molecule has 3 aromatic rings. The fraction of sp³-hybridized carbons (Fsp3) is 0. The van der Waals surface area contributed by atoms with Crippen LogP contribution in [-0.2, 0) is 0 Å². The van der Waals surface area contributed by atoms with Gasteiger partial charge in [0.05, 0.1) is 5.69 Å². The van der Waals surface area contributed by atoms with Crippen LogP contribution in [0.15, 0.2) is 47.3 Å². The Hall–Kier alpha value is -1.75. The van der Waals surface area contributed by atoms with Gasteiger partial charge in [-0.15, -0.1) is 10.2 Å². The highest BCUT2D eigenvalue weighted by atomic mass is 79.9. The van der Waals surface area contributed by atoms with Gasteiger partial charge in [-0.1, -0.05) is 28.1 Å². The van der Waals surface area contributed by atoms with E-state index in [1.54, 1.807) is 12.5 Å². The monoisotopic (exact) mass is 274 g/mol. The molecule has 0 spiro atoms. The normalized spacial score (nSPS) is 10.8. The van der Waals surface area contributed by atoms with Crippen LogP contribution in [0.2, 0.25) is 0 Å². The van der Waals surface area contributed by atoms with Gasteiger partial charge in [0.15, 0.2) is 0 Å². The molecule has 78 valence electrons. The number of aromatic nitrogens is 4. The van der Waals surface area contributed by atoms with Crippen LogP contribution in [-0.4, -0.2) is 19.6 Å². The Bertz CT molecular complexity index is 647. The lowest BCUT2D eigenvalue weighted by Crippen LogP contribution is -1.92. The Morgan fingerprint density at radius 1 is 1.19 bits per heavy atom. The molecular weight excluding hydrogens is 268 g/mol. The third-order valence-corrected chi connectivity index (χ3v) is 2.83. The molecule has 3 rings (SSSR count). The zero-order chi connectivity index (χ0) is 11.0. The molecule has 1 aromatic carbocycles. The quantitative estimate of drug-likeness (QED) is 0.685. The summed E-state index contributed by atoms with van der Waals surface area (Å²) in [5.74, 6) is 0.609. The first kappa shape index (κ1) is 9.47. The zero-order valence-electron chi connectivity index (χ0n) is 8.21. The van der Waals surface area contributed by atoms with Crippen LogP contribution in [0.3, 0.4) is 0 Å². The molecule has 0 fully saturated rings. The van der Waals surface area contributed by atoms with Crippen LogP contribution in [0, 0.1) is 0 Å². The summed E-state index contributed by atoms with van der Waals surface area (Å²) < 4.78 is 2.91. The van der Waals surface area contributed by atoms with Gasteiger partial charge < -0.3 is 0 Å². The third-order valence-electron chi connectivity index (χ3n) is 2.33. The highest BCUT2D eigenvalue weighted by molar-refractivity contribution is 9.10. The van der Waals surface area contributed by atoms with E-state index in [0.29, 0.717) is 5.78 Å². The SMILES string of the molecule is Brc1cccc(-c2ccnc3nncn23)c1. The summed E-state index contributed by atoms with van der Waals surface area (Å²) in [6.07, 6.45) is 3.40. The average molecular weight is 275 g/mol. The molecule has 0 atom stereocenters. The first-order valence-electron chi connectivity index (χ1n) is 4.75. The van der Waals surface area contributed by atoms with E-state index < -0.39 is 0 Å². The van der Waals surface area contributed by atoms with Crippen molar-refractivity contribution in [3.63, 3.8) is 0 Å². The van der Waals surface area contributed by atoms with Gasteiger partial charge in [0.25, 0.3) is 5.78 Å². The maximum atomic E-state index is 4.13. The molecule has 0 aliphatic carbocycles. The van der Waals surface area contributed by atoms with E-state index in [2.05, 4.69) is 37.2 Å². The third kappa shape index (κ3) is 1.49. The van der Waals surface area contributed by atoms with Crippen molar-refractivity contribution in [1.82, 2.24) is 19.6 Å². The highest BCUT2D eigenvalue weighted by Crippen LogP contribution is 2.22. The van der Waals surface area contributed by atoms with Crippen molar-refractivity contribution in [1.29, 1.82) is 0 Å². The van der Waals surface area contributed by atoms with E-state index in [9.17, 15) is 0 Å². The number of hydrogen-bond acceptors (Lipinski definition) is 3. The number of benzene rings is 1. The molecule has 2 heterocycles. The lowest BCUT2D eigenvalue weighted by molar-refractivity contribution is 1.10. The van der Waals surface area contributed by atoms with Gasteiger partial charge in [-0.25, -0.2) is 4.98 Å². The van der Waals surface area contributed by atoms with Crippen molar-refractivity contribution in [2.24, 2.45) is 0 Å². The molecule has 0 amide bonds. The van der Waals surface area contributed by atoms with Crippen molar-refractivity contribution in [2.75, 3.05) is 0 Å². The number of fused-ring (bicyclic) bond motifs is 1. The second-order valence-electron chi connectivity index (χ2n) is 3.34. The van der Waals surface area contributed by atoms with Crippen LogP contribution in [0.5, 0.6) is 0 Å². The van der Waals surface area contributed by atoms with Gasteiger partial charge in [-0.2, -0.15) is 0 Å². The maximum absolute atomic E-state index is 4.13. The van der Waals surface area contributed by atoms with Gasteiger partial charge in [0.1, 0.15) is 6.33 Å². The summed E-state index contributed by atoms with van der Waals surface area (Å²) in [5.41, 5.74) is 2.12. The maximum Gasteiger partial charge on any atom is 0.255 e. The fourth-order valence-electron chi connectivity index (χ4n) is 1.62. The van der Waals surface area contributed by atoms with Gasteiger partial charge in [-0.3, -0.25) is 4.40 Å². The Labute approximate surface area is 100 Å². The molecule has 0 unspecified atom stereocenters. The molecular formula is C11H7BrN4. The first-order chi connectivity index (χ1) is 7.84. The molecule has 4 nitrogen and oxygen atoms in total. The van der Waals surface area contributed by atoms with E-state index >= 15 is 0 Å². The average Bonchev–Trinajstić information content (AvgIpc) is 2.76. The lowest BCUT2D eigenvalue weighted by Gasteiger charge is -2.04. The molecule has 0 radical (unpaired) electrons. The van der Waals surface area contributed by atoms with Crippen LogP contribution in [0.4, 0.5) is 0 Å². The number of halogens is 1. The Morgan fingerprint density at radius 2 is 2.12 bits per heavy atom.